The Labute approximate surface area is 187 Å². The number of carboxylic acid groups (broad SMARTS) is 3. The van der Waals surface area contributed by atoms with Gasteiger partial charge < -0.3 is 40.6 Å². The minimum atomic E-state index is -4.82. The summed E-state index contributed by atoms with van der Waals surface area (Å²) < 4.78 is 22.6. The fourth-order valence-electron chi connectivity index (χ4n) is 2.83. The molecule has 0 spiro atoms. The molecular weight excluding hydrogens is 492 g/mol. The van der Waals surface area contributed by atoms with Gasteiger partial charge in [0.25, 0.3) is 0 Å². The van der Waals surface area contributed by atoms with Crippen LogP contribution in [0, 0.1) is 5.41 Å². The molecule has 0 amide bonds. The van der Waals surface area contributed by atoms with Gasteiger partial charge in [0.2, 0.25) is 5.96 Å². The number of rotatable bonds is 16. The van der Waals surface area contributed by atoms with Crippen LogP contribution in [0.4, 0.5) is 0 Å². The van der Waals surface area contributed by atoms with E-state index >= 15 is 0 Å². The highest BCUT2D eigenvalue weighted by Crippen LogP contribution is 2.40. The first kappa shape index (κ1) is 30.8. The predicted octanol–water partition coefficient (Wildman–Crippen LogP) is -2.01. The van der Waals surface area contributed by atoms with Crippen LogP contribution in [-0.2, 0) is 23.5 Å². The lowest BCUT2D eigenvalue weighted by atomic mass is 10.0. The third-order valence-electron chi connectivity index (χ3n) is 3.98. The van der Waals surface area contributed by atoms with E-state index < -0.39 is 83.2 Å². The largest absolute Gasteiger partial charge is 0.481 e. The van der Waals surface area contributed by atoms with Crippen molar-refractivity contribution < 1.29 is 58.4 Å². The van der Waals surface area contributed by atoms with Gasteiger partial charge in [0.1, 0.15) is 24.7 Å². The first-order valence-corrected chi connectivity index (χ1v) is 12.6. The van der Waals surface area contributed by atoms with E-state index in [9.17, 15) is 33.7 Å². The molecule has 0 aromatic heterocycles. The number of guanidine groups is 1. The molecule has 0 aliphatic carbocycles. The standard InChI is InChI=1S/C14H27N5O12P2/c15-14(16)17-3-1-2-9(12(22)23)19(10(13(24)25)6-11(20)21)5-4-18(7-32(26,27)28)8-33(29,30)31/h3,9-10H,1-2,4-8H2,(H3,15,16)(H,20,21)(H,22,23)(H,24,25)(H2,26,27,28)(H2,29,30,31). The maximum Gasteiger partial charge on any atom is 0.339 e. The summed E-state index contributed by atoms with van der Waals surface area (Å²) in [6, 6.07) is -3.52. The van der Waals surface area contributed by atoms with Crippen LogP contribution in [-0.4, -0.2) is 113 Å². The van der Waals surface area contributed by atoms with Crippen LogP contribution in [0.2, 0.25) is 0 Å². The number of nitrogens with zero attached hydrogens (tertiary/aromatic N) is 3. The lowest BCUT2D eigenvalue weighted by Gasteiger charge is -2.35. The Hall–Kier alpha value is -2.23. The van der Waals surface area contributed by atoms with Gasteiger partial charge in [-0.25, -0.2) is 4.99 Å². The van der Waals surface area contributed by atoms with Gasteiger partial charge in [-0.15, -0.1) is 0 Å². The first-order chi connectivity index (χ1) is 14.9. The third-order valence-corrected chi connectivity index (χ3v) is 5.52. The van der Waals surface area contributed by atoms with E-state index in [0.29, 0.717) is 4.90 Å². The number of hydrogen-bond acceptors (Lipinski definition) is 8. The van der Waals surface area contributed by atoms with Crippen molar-refractivity contribution in [3.05, 3.63) is 0 Å². The molecule has 190 valence electrons. The fraction of sp³-hybridized carbons (Fsp3) is 0.643. The summed E-state index contributed by atoms with van der Waals surface area (Å²) in [5.74, 6) is -5.40. The molecule has 19 heteroatoms. The second-order valence-electron chi connectivity index (χ2n) is 6.82. The van der Waals surface area contributed by atoms with E-state index in [0.717, 1.165) is 11.1 Å². The molecule has 2 atom stereocenters. The number of hydrogen-bond donors (Lipinski definition) is 9. The van der Waals surface area contributed by atoms with Crippen LogP contribution < -0.4 is 5.73 Å². The van der Waals surface area contributed by atoms with E-state index in [1.54, 1.807) is 0 Å². The Morgan fingerprint density at radius 2 is 1.42 bits per heavy atom. The number of carboxylic acids is 3. The van der Waals surface area contributed by atoms with E-state index in [4.69, 9.17) is 35.8 Å². The Balaban J connectivity index is 5.98. The zero-order valence-corrected chi connectivity index (χ0v) is 19.0. The summed E-state index contributed by atoms with van der Waals surface area (Å²) in [4.78, 5) is 76.1. The van der Waals surface area contributed by atoms with Crippen LogP contribution in [0.25, 0.3) is 0 Å². The van der Waals surface area contributed by atoms with Gasteiger partial charge in [-0.2, -0.15) is 0 Å². The first-order valence-electron chi connectivity index (χ1n) is 9.04. The van der Waals surface area contributed by atoms with Crippen molar-refractivity contribution in [2.24, 2.45) is 10.7 Å². The summed E-state index contributed by atoms with van der Waals surface area (Å²) >= 11 is 0. The highest BCUT2D eigenvalue weighted by atomic mass is 31.2. The molecule has 0 aromatic rings. The van der Waals surface area contributed by atoms with Crippen molar-refractivity contribution >= 4 is 45.3 Å². The number of nitrogens with two attached hydrogens (primary N) is 1. The van der Waals surface area contributed by atoms with Gasteiger partial charge >= 0.3 is 33.1 Å². The van der Waals surface area contributed by atoms with E-state index in [-0.39, 0.29) is 12.8 Å². The van der Waals surface area contributed by atoms with Gasteiger partial charge in [-0.1, -0.05) is 0 Å². The van der Waals surface area contributed by atoms with Gasteiger partial charge in [-0.3, -0.25) is 38.7 Å². The Kier molecular flexibility index (Phi) is 12.6. The second-order valence-corrected chi connectivity index (χ2v) is 10.0. The van der Waals surface area contributed by atoms with Crippen molar-refractivity contribution in [1.82, 2.24) is 9.80 Å². The van der Waals surface area contributed by atoms with Gasteiger partial charge in [0.05, 0.1) is 6.42 Å². The number of carbonyl (C=O) groups is 3. The molecule has 0 saturated carbocycles. The highest BCUT2D eigenvalue weighted by molar-refractivity contribution is 7.52. The fourth-order valence-corrected chi connectivity index (χ4v) is 4.51. The minimum absolute atomic E-state index is 0.110. The monoisotopic (exact) mass is 519 g/mol. The van der Waals surface area contributed by atoms with Crippen LogP contribution in [0.15, 0.2) is 4.99 Å². The molecule has 0 heterocycles. The summed E-state index contributed by atoms with van der Waals surface area (Å²) in [6.45, 7) is -1.23. The molecule has 17 nitrogen and oxygen atoms in total. The zero-order valence-electron chi connectivity index (χ0n) is 17.2. The number of nitrogens with one attached hydrogen (secondary N) is 1. The normalized spacial score (nSPS) is 14.5. The number of aliphatic imine (C=N–C) groups is 1. The lowest BCUT2D eigenvalue weighted by molar-refractivity contribution is -0.155. The maximum atomic E-state index is 11.8. The summed E-state index contributed by atoms with van der Waals surface area (Å²) in [6.07, 6.45) is -2.60. The maximum absolute atomic E-state index is 11.8. The molecule has 2 unspecified atom stereocenters. The molecule has 0 aliphatic rings. The molecule has 0 saturated heterocycles. The van der Waals surface area contributed by atoms with Crippen LogP contribution in [0.3, 0.4) is 0 Å². The third kappa shape index (κ3) is 14.5. The van der Waals surface area contributed by atoms with Crippen molar-refractivity contribution in [3.63, 3.8) is 0 Å². The molecule has 0 bridgehead atoms. The highest BCUT2D eigenvalue weighted by Gasteiger charge is 2.37. The van der Waals surface area contributed by atoms with Crippen LogP contribution in [0.5, 0.6) is 0 Å². The average molecular weight is 519 g/mol. The quantitative estimate of drug-likeness (QED) is 0.0604. The molecule has 0 aromatic carbocycles. The van der Waals surface area contributed by atoms with E-state index in [1.165, 1.54) is 0 Å². The van der Waals surface area contributed by atoms with Crippen LogP contribution >= 0.6 is 15.2 Å². The van der Waals surface area contributed by atoms with Gasteiger partial charge in [-0.05, 0) is 12.8 Å². The molecule has 0 rings (SSSR count). The van der Waals surface area contributed by atoms with Crippen molar-refractivity contribution in [3.8, 4) is 0 Å². The van der Waals surface area contributed by atoms with Crippen molar-refractivity contribution in [1.29, 1.82) is 5.41 Å². The molecule has 10 N–H and O–H groups in total. The second kappa shape index (κ2) is 13.5. The SMILES string of the molecule is N=C(N)N=CCCC(C(=O)O)N(CCN(CP(=O)(O)O)CP(=O)(O)O)C(CC(=O)O)C(=O)O. The average Bonchev–Trinajstić information content (AvgIpc) is 2.58. The van der Waals surface area contributed by atoms with Crippen molar-refractivity contribution in [2.45, 2.75) is 31.3 Å². The molecule has 33 heavy (non-hydrogen) atoms. The number of aliphatic carboxylic acids is 3. The van der Waals surface area contributed by atoms with Crippen molar-refractivity contribution in [2.75, 3.05) is 25.7 Å². The zero-order chi connectivity index (χ0) is 26.0. The topological polar surface area (TPSA) is 296 Å². The minimum Gasteiger partial charge on any atom is -0.481 e. The summed E-state index contributed by atoms with van der Waals surface area (Å²) in [5.41, 5.74) is 5.04. The smallest absolute Gasteiger partial charge is 0.339 e. The van der Waals surface area contributed by atoms with Crippen LogP contribution in [0.1, 0.15) is 19.3 Å². The Bertz CT molecular complexity index is 816. The molecule has 0 aliphatic heterocycles. The summed E-state index contributed by atoms with van der Waals surface area (Å²) in [7, 11) is -9.64. The molecular formula is C14H27N5O12P2. The summed E-state index contributed by atoms with van der Waals surface area (Å²) in [5, 5.41) is 35.1. The van der Waals surface area contributed by atoms with E-state index in [2.05, 4.69) is 4.99 Å². The lowest BCUT2D eigenvalue weighted by Crippen LogP contribution is -2.54. The molecule has 0 fully saturated rings. The predicted molar refractivity (Wildman–Crippen MR) is 112 cm³/mol. The Morgan fingerprint density at radius 3 is 1.79 bits per heavy atom. The van der Waals surface area contributed by atoms with E-state index in [1.807, 2.05) is 0 Å². The molecule has 0 radical (unpaired) electrons. The van der Waals surface area contributed by atoms with Gasteiger partial charge in [0.15, 0.2) is 0 Å². The Morgan fingerprint density at radius 1 is 0.939 bits per heavy atom. The van der Waals surface area contributed by atoms with Gasteiger partial charge in [0, 0.05) is 19.3 Å².